The second kappa shape index (κ2) is 9.66. The molecule has 1 aromatic heterocycles. The first-order valence-corrected chi connectivity index (χ1v) is 12.8. The number of anilines is 1. The fourth-order valence-electron chi connectivity index (χ4n) is 4.75. The number of hydrogen-bond acceptors (Lipinski definition) is 6. The number of rotatable bonds is 5. The van der Waals surface area contributed by atoms with Crippen LogP contribution in [0.1, 0.15) is 84.1 Å². The second-order valence-corrected chi connectivity index (χ2v) is 10.1. The summed E-state index contributed by atoms with van der Waals surface area (Å²) < 4.78 is 10.9. The van der Waals surface area contributed by atoms with Crippen molar-refractivity contribution in [1.29, 1.82) is 0 Å². The standard InChI is InChI=1S/C28H27NO5S/c1-3-33-28(32)24-21-6-4-5-7-23(21)35-26(24)29-25(30)18-12-13-20-19(14-18)15-22(34-27(20)31)17-10-8-16(2)9-11-17/h8-14,22H,3-7,15H2,1-2H3,(H,29,30)/t22-/m0/s1. The van der Waals surface area contributed by atoms with Crippen LogP contribution in [-0.4, -0.2) is 24.5 Å². The Kier molecular flexibility index (Phi) is 6.43. The molecule has 2 aliphatic rings. The van der Waals surface area contributed by atoms with E-state index in [9.17, 15) is 14.4 Å². The lowest BCUT2D eigenvalue weighted by Gasteiger charge is -2.25. The lowest BCUT2D eigenvalue weighted by atomic mass is 9.92. The smallest absolute Gasteiger partial charge is 0.341 e. The van der Waals surface area contributed by atoms with Crippen molar-refractivity contribution in [3.8, 4) is 0 Å². The van der Waals surface area contributed by atoms with Gasteiger partial charge in [-0.25, -0.2) is 9.59 Å². The summed E-state index contributed by atoms with van der Waals surface area (Å²) in [7, 11) is 0. The molecule has 0 spiro atoms. The Balaban J connectivity index is 1.41. The number of carbonyl (C=O) groups is 3. The first kappa shape index (κ1) is 23.3. The Morgan fingerprint density at radius 3 is 2.66 bits per heavy atom. The molecule has 1 amide bonds. The van der Waals surface area contributed by atoms with Gasteiger partial charge < -0.3 is 14.8 Å². The number of fused-ring (bicyclic) bond motifs is 2. The molecule has 1 atom stereocenters. The van der Waals surface area contributed by atoms with E-state index in [4.69, 9.17) is 9.47 Å². The summed E-state index contributed by atoms with van der Waals surface area (Å²) in [6, 6.07) is 12.9. The van der Waals surface area contributed by atoms with Gasteiger partial charge in [-0.3, -0.25) is 4.79 Å². The highest BCUT2D eigenvalue weighted by molar-refractivity contribution is 7.17. The molecule has 0 bridgehead atoms. The molecule has 35 heavy (non-hydrogen) atoms. The van der Waals surface area contributed by atoms with Crippen molar-refractivity contribution in [1.82, 2.24) is 0 Å². The van der Waals surface area contributed by atoms with Crippen LogP contribution in [0.2, 0.25) is 0 Å². The lowest BCUT2D eigenvalue weighted by Crippen LogP contribution is -2.23. The van der Waals surface area contributed by atoms with Crippen molar-refractivity contribution in [3.63, 3.8) is 0 Å². The number of carbonyl (C=O) groups excluding carboxylic acids is 3. The molecule has 2 aromatic carbocycles. The van der Waals surface area contributed by atoms with Crippen LogP contribution < -0.4 is 5.32 Å². The summed E-state index contributed by atoms with van der Waals surface area (Å²) in [5.74, 6) is -1.10. The highest BCUT2D eigenvalue weighted by Crippen LogP contribution is 2.39. The van der Waals surface area contributed by atoms with Crippen LogP contribution in [0, 0.1) is 6.92 Å². The van der Waals surface area contributed by atoms with Gasteiger partial charge in [-0.1, -0.05) is 29.8 Å². The normalized spacial score (nSPS) is 16.6. The van der Waals surface area contributed by atoms with E-state index in [0.717, 1.165) is 52.8 Å². The van der Waals surface area contributed by atoms with Gasteiger partial charge in [-0.15, -0.1) is 11.3 Å². The van der Waals surface area contributed by atoms with Crippen molar-refractivity contribution in [2.75, 3.05) is 11.9 Å². The number of benzene rings is 2. The maximum atomic E-state index is 13.2. The summed E-state index contributed by atoms with van der Waals surface area (Å²) in [5.41, 5.74) is 5.23. The molecule has 0 unspecified atom stereocenters. The summed E-state index contributed by atoms with van der Waals surface area (Å²) in [5, 5.41) is 3.49. The first-order valence-electron chi connectivity index (χ1n) is 12.0. The Morgan fingerprint density at radius 2 is 1.89 bits per heavy atom. The molecule has 1 aliphatic heterocycles. The molecule has 3 aromatic rings. The quantitative estimate of drug-likeness (QED) is 0.457. The van der Waals surface area contributed by atoms with Gasteiger partial charge in [0, 0.05) is 16.9 Å². The van der Waals surface area contributed by atoms with Crippen molar-refractivity contribution in [2.24, 2.45) is 0 Å². The van der Waals surface area contributed by atoms with Gasteiger partial charge in [0.05, 0.1) is 17.7 Å². The molecule has 7 heteroatoms. The Morgan fingerprint density at radius 1 is 1.11 bits per heavy atom. The van der Waals surface area contributed by atoms with Gasteiger partial charge in [0.25, 0.3) is 5.91 Å². The summed E-state index contributed by atoms with van der Waals surface area (Å²) in [6.07, 6.45) is 3.92. The van der Waals surface area contributed by atoms with Crippen molar-refractivity contribution in [2.45, 2.75) is 52.1 Å². The number of thiophene rings is 1. The maximum absolute atomic E-state index is 13.2. The number of cyclic esters (lactones) is 1. The number of aryl methyl sites for hydroxylation is 2. The molecule has 0 radical (unpaired) electrons. The van der Waals surface area contributed by atoms with Crippen molar-refractivity contribution >= 4 is 34.2 Å². The van der Waals surface area contributed by atoms with Gasteiger partial charge in [0.15, 0.2) is 0 Å². The SMILES string of the molecule is CCOC(=O)c1c(NC(=O)c2ccc3c(c2)C[C@@H](c2ccc(C)cc2)OC3=O)sc2c1CCCC2. The fraction of sp³-hybridized carbons (Fsp3) is 0.321. The minimum Gasteiger partial charge on any atom is -0.462 e. The zero-order valence-corrected chi connectivity index (χ0v) is 20.6. The zero-order chi connectivity index (χ0) is 24.5. The van der Waals surface area contributed by atoms with Crippen molar-refractivity contribution in [3.05, 3.63) is 86.3 Å². The van der Waals surface area contributed by atoms with E-state index < -0.39 is 12.1 Å². The molecule has 0 fully saturated rings. The molecule has 0 saturated carbocycles. The molecule has 6 nitrogen and oxygen atoms in total. The predicted molar refractivity (Wildman–Crippen MR) is 134 cm³/mol. The van der Waals surface area contributed by atoms with Gasteiger partial charge in [0.1, 0.15) is 11.1 Å². The molecule has 2 heterocycles. The van der Waals surface area contributed by atoms with Gasteiger partial charge >= 0.3 is 11.9 Å². The molecule has 5 rings (SSSR count). The number of amides is 1. The zero-order valence-electron chi connectivity index (χ0n) is 19.8. The Hall–Kier alpha value is -3.45. The Bertz CT molecular complexity index is 1310. The minimum atomic E-state index is -0.395. The largest absolute Gasteiger partial charge is 0.462 e. The van der Waals surface area contributed by atoms with E-state index >= 15 is 0 Å². The van der Waals surface area contributed by atoms with Crippen LogP contribution in [0.3, 0.4) is 0 Å². The fourth-order valence-corrected chi connectivity index (χ4v) is 6.02. The van der Waals surface area contributed by atoms with Gasteiger partial charge in [-0.05, 0) is 74.4 Å². The topological polar surface area (TPSA) is 81.7 Å². The van der Waals surface area contributed by atoms with E-state index in [1.807, 2.05) is 31.2 Å². The van der Waals surface area contributed by atoms with E-state index in [-0.39, 0.29) is 18.5 Å². The second-order valence-electron chi connectivity index (χ2n) is 8.97. The van der Waals surface area contributed by atoms with Crippen LogP contribution in [-0.2, 0) is 28.7 Å². The molecule has 180 valence electrons. The monoisotopic (exact) mass is 489 g/mol. The van der Waals surface area contributed by atoms with Gasteiger partial charge in [0.2, 0.25) is 0 Å². The third kappa shape index (κ3) is 4.60. The van der Waals surface area contributed by atoms with E-state index in [0.29, 0.717) is 28.1 Å². The molecule has 0 saturated heterocycles. The summed E-state index contributed by atoms with van der Waals surface area (Å²) >= 11 is 1.46. The third-order valence-corrected chi connectivity index (χ3v) is 7.78. The van der Waals surface area contributed by atoms with E-state index in [1.54, 1.807) is 25.1 Å². The Labute approximate surface area is 208 Å². The summed E-state index contributed by atoms with van der Waals surface area (Å²) in [4.78, 5) is 39.7. The number of esters is 2. The number of nitrogens with one attached hydrogen (secondary N) is 1. The average molecular weight is 490 g/mol. The van der Waals surface area contributed by atoms with Crippen LogP contribution in [0.15, 0.2) is 42.5 Å². The van der Waals surface area contributed by atoms with Gasteiger partial charge in [-0.2, -0.15) is 0 Å². The summed E-state index contributed by atoms with van der Waals surface area (Å²) in [6.45, 7) is 4.06. The lowest BCUT2D eigenvalue weighted by molar-refractivity contribution is 0.0252. The number of ether oxygens (including phenoxy) is 2. The van der Waals surface area contributed by atoms with Crippen molar-refractivity contribution < 1.29 is 23.9 Å². The highest BCUT2D eigenvalue weighted by atomic mass is 32.1. The predicted octanol–water partition coefficient (Wildman–Crippen LogP) is 5.82. The molecular formula is C28H27NO5S. The highest BCUT2D eigenvalue weighted by Gasteiger charge is 2.30. The molecule has 1 N–H and O–H groups in total. The van der Waals surface area contributed by atoms with Crippen LogP contribution in [0.5, 0.6) is 0 Å². The van der Waals surface area contributed by atoms with Crippen LogP contribution in [0.25, 0.3) is 0 Å². The number of hydrogen-bond donors (Lipinski definition) is 1. The van der Waals surface area contributed by atoms with Crippen LogP contribution in [0.4, 0.5) is 5.00 Å². The first-order chi connectivity index (χ1) is 16.9. The van der Waals surface area contributed by atoms with Crippen LogP contribution >= 0.6 is 11.3 Å². The molecular weight excluding hydrogens is 462 g/mol. The third-order valence-electron chi connectivity index (χ3n) is 6.57. The maximum Gasteiger partial charge on any atom is 0.341 e. The molecule has 1 aliphatic carbocycles. The minimum absolute atomic E-state index is 0.278. The van der Waals surface area contributed by atoms with E-state index in [1.165, 1.54) is 11.3 Å². The van der Waals surface area contributed by atoms with E-state index in [2.05, 4.69) is 5.32 Å². The average Bonchev–Trinajstić information content (AvgIpc) is 3.22.